The molecule has 3 atom stereocenters. The summed E-state index contributed by atoms with van der Waals surface area (Å²) in [5.41, 5.74) is 0.485. The number of hydrogen-bond donors (Lipinski definition) is 0. The Labute approximate surface area is 164 Å². The van der Waals surface area contributed by atoms with Gasteiger partial charge >= 0.3 is 5.97 Å². The van der Waals surface area contributed by atoms with E-state index in [-0.39, 0.29) is 6.10 Å². The van der Waals surface area contributed by atoms with Crippen LogP contribution in [0.4, 0.5) is 0 Å². The smallest absolute Gasteiger partial charge is 0.373 e. The predicted molar refractivity (Wildman–Crippen MR) is 108 cm³/mol. The van der Waals surface area contributed by atoms with Crippen LogP contribution in [0, 0.1) is 17.8 Å². The monoisotopic (exact) mass is 376 g/mol. The second-order valence-electron chi connectivity index (χ2n) is 8.27. The van der Waals surface area contributed by atoms with Crippen molar-refractivity contribution in [3.63, 3.8) is 0 Å². The Morgan fingerprint density at radius 2 is 1.85 bits per heavy atom. The number of carbonyl (C=O) groups is 1. The average Bonchev–Trinajstić information content (AvgIpc) is 2.66. The van der Waals surface area contributed by atoms with Crippen molar-refractivity contribution in [3.8, 4) is 5.75 Å². The summed E-state index contributed by atoms with van der Waals surface area (Å²) in [5.74, 6) is 1.92. The maximum Gasteiger partial charge on any atom is 0.373 e. The Hall–Kier alpha value is -1.55. The van der Waals surface area contributed by atoms with E-state index in [0.29, 0.717) is 29.9 Å². The van der Waals surface area contributed by atoms with Crippen LogP contribution in [0.1, 0.15) is 83.0 Å². The molecule has 0 aliphatic heterocycles. The molecule has 4 heteroatoms. The quantitative estimate of drug-likeness (QED) is 0.277. The average molecular weight is 377 g/mol. The molecule has 1 aliphatic rings. The molecule has 1 saturated carbocycles. The molecule has 152 valence electrons. The fourth-order valence-corrected chi connectivity index (χ4v) is 3.79. The second kappa shape index (κ2) is 11.3. The number of hydrogen-bond acceptors (Lipinski definition) is 4. The van der Waals surface area contributed by atoms with Crippen molar-refractivity contribution < 1.29 is 19.3 Å². The van der Waals surface area contributed by atoms with Crippen LogP contribution < -0.4 is 4.74 Å². The van der Waals surface area contributed by atoms with E-state index >= 15 is 0 Å². The second-order valence-corrected chi connectivity index (χ2v) is 8.27. The summed E-state index contributed by atoms with van der Waals surface area (Å²) < 4.78 is 5.71. The highest BCUT2D eigenvalue weighted by Crippen LogP contribution is 2.35. The molecule has 4 nitrogen and oxygen atoms in total. The molecule has 0 heterocycles. The van der Waals surface area contributed by atoms with Crippen LogP contribution in [0.5, 0.6) is 5.75 Å². The van der Waals surface area contributed by atoms with Crippen LogP contribution >= 0.6 is 0 Å². The number of rotatable bonds is 10. The molecule has 1 fully saturated rings. The summed E-state index contributed by atoms with van der Waals surface area (Å²) in [5, 5.41) is 0. The summed E-state index contributed by atoms with van der Waals surface area (Å²) in [6.45, 7) is 9.55. The highest BCUT2D eigenvalue weighted by molar-refractivity contribution is 5.89. The van der Waals surface area contributed by atoms with Crippen molar-refractivity contribution in [1.29, 1.82) is 0 Å². The van der Waals surface area contributed by atoms with Gasteiger partial charge in [-0.1, -0.05) is 53.4 Å². The first kappa shape index (κ1) is 21.7. The topological polar surface area (TPSA) is 44.8 Å². The predicted octanol–water partition coefficient (Wildman–Crippen LogP) is 6.19. The number of benzene rings is 1. The molecule has 1 aromatic carbocycles. The van der Waals surface area contributed by atoms with Crippen molar-refractivity contribution in [1.82, 2.24) is 0 Å². The third-order valence-corrected chi connectivity index (χ3v) is 5.57. The molecular formula is C23H36O4. The maximum absolute atomic E-state index is 12.3. The van der Waals surface area contributed by atoms with Gasteiger partial charge in [-0.25, -0.2) is 4.79 Å². The fourth-order valence-electron chi connectivity index (χ4n) is 3.79. The highest BCUT2D eigenvalue weighted by atomic mass is 17.2. The first-order chi connectivity index (χ1) is 13.0. The Bertz CT molecular complexity index is 552. The molecule has 0 aromatic heterocycles. The Balaban J connectivity index is 1.79. The normalized spacial score (nSPS) is 22.6. The molecular weight excluding hydrogens is 340 g/mol. The zero-order valence-corrected chi connectivity index (χ0v) is 17.4. The number of carbonyl (C=O) groups excluding carboxylic acids is 1. The minimum absolute atomic E-state index is 0.0107. The van der Waals surface area contributed by atoms with Gasteiger partial charge in [0.2, 0.25) is 0 Å². The lowest BCUT2D eigenvalue weighted by molar-refractivity contribution is -0.296. The lowest BCUT2D eigenvalue weighted by Crippen LogP contribution is -2.34. The van der Waals surface area contributed by atoms with Gasteiger partial charge in [0, 0.05) is 0 Å². The summed E-state index contributed by atoms with van der Waals surface area (Å²) in [4.78, 5) is 23.1. The fraction of sp³-hybridized carbons (Fsp3) is 0.696. The van der Waals surface area contributed by atoms with Gasteiger partial charge in [0.25, 0.3) is 0 Å². The molecule has 1 aliphatic carbocycles. The number of ether oxygens (including phenoxy) is 1. The van der Waals surface area contributed by atoms with Crippen molar-refractivity contribution in [2.24, 2.45) is 17.8 Å². The van der Waals surface area contributed by atoms with Crippen molar-refractivity contribution in [3.05, 3.63) is 29.8 Å². The number of unbranched alkanes of at least 4 members (excludes halogenated alkanes) is 3. The first-order valence-electron chi connectivity index (χ1n) is 10.6. The van der Waals surface area contributed by atoms with E-state index in [1.54, 1.807) is 12.1 Å². The van der Waals surface area contributed by atoms with Gasteiger partial charge in [-0.15, -0.1) is 0 Å². The summed E-state index contributed by atoms with van der Waals surface area (Å²) >= 11 is 0. The third kappa shape index (κ3) is 7.17. The van der Waals surface area contributed by atoms with Gasteiger partial charge in [0.15, 0.2) is 0 Å². The van der Waals surface area contributed by atoms with E-state index in [0.717, 1.165) is 25.0 Å². The summed E-state index contributed by atoms with van der Waals surface area (Å²) in [7, 11) is 0. The lowest BCUT2D eigenvalue weighted by atomic mass is 9.75. The van der Waals surface area contributed by atoms with E-state index in [1.165, 1.54) is 25.7 Å². The molecule has 0 radical (unpaired) electrons. The van der Waals surface area contributed by atoms with Crippen molar-refractivity contribution >= 4 is 5.97 Å². The van der Waals surface area contributed by atoms with Crippen LogP contribution in [0.15, 0.2) is 24.3 Å². The van der Waals surface area contributed by atoms with Crippen molar-refractivity contribution in [2.75, 3.05) is 6.61 Å². The van der Waals surface area contributed by atoms with E-state index < -0.39 is 5.97 Å². The molecule has 0 amide bonds. The van der Waals surface area contributed by atoms with Gasteiger partial charge in [-0.3, -0.25) is 4.89 Å². The van der Waals surface area contributed by atoms with Crippen LogP contribution in [0.3, 0.4) is 0 Å². The van der Waals surface area contributed by atoms with Crippen LogP contribution in [-0.4, -0.2) is 18.7 Å². The van der Waals surface area contributed by atoms with Crippen LogP contribution in [0.2, 0.25) is 0 Å². The molecule has 3 unspecified atom stereocenters. The molecule has 27 heavy (non-hydrogen) atoms. The summed E-state index contributed by atoms with van der Waals surface area (Å²) in [6.07, 6.45) is 7.99. The summed E-state index contributed by atoms with van der Waals surface area (Å²) in [6, 6.07) is 7.10. The SMILES string of the molecule is CCCCCCOc1ccc(C(=O)OOC2CC(C)CCC2C(C)C)cc1. The standard InChI is InChI=1S/C23H36O4/c1-5-6-7-8-15-25-20-12-10-19(11-13-20)23(24)27-26-22-16-18(4)9-14-21(22)17(2)3/h10-13,17-18,21-22H,5-9,14-16H2,1-4H3. The van der Waals surface area contributed by atoms with Crippen LogP contribution in [-0.2, 0) is 9.78 Å². The van der Waals surface area contributed by atoms with Gasteiger partial charge in [0.1, 0.15) is 11.9 Å². The Kier molecular flexibility index (Phi) is 9.12. The zero-order chi connectivity index (χ0) is 19.6. The van der Waals surface area contributed by atoms with E-state index in [9.17, 15) is 4.79 Å². The van der Waals surface area contributed by atoms with Crippen molar-refractivity contribution in [2.45, 2.75) is 78.7 Å². The molecule has 0 N–H and O–H groups in total. The highest BCUT2D eigenvalue weighted by Gasteiger charge is 2.33. The van der Waals surface area contributed by atoms with Gasteiger partial charge < -0.3 is 4.74 Å². The molecule has 0 spiro atoms. The van der Waals surface area contributed by atoms with E-state index in [4.69, 9.17) is 14.5 Å². The third-order valence-electron chi connectivity index (χ3n) is 5.57. The molecule has 0 bridgehead atoms. The van der Waals surface area contributed by atoms with Gasteiger partial charge in [-0.05, 0) is 61.3 Å². The van der Waals surface area contributed by atoms with Crippen LogP contribution in [0.25, 0.3) is 0 Å². The lowest BCUT2D eigenvalue weighted by Gasteiger charge is -2.35. The van der Waals surface area contributed by atoms with E-state index in [1.807, 2.05) is 12.1 Å². The first-order valence-corrected chi connectivity index (χ1v) is 10.6. The molecule has 1 aromatic rings. The van der Waals surface area contributed by atoms with E-state index in [2.05, 4.69) is 27.7 Å². The minimum atomic E-state index is -0.440. The largest absolute Gasteiger partial charge is 0.494 e. The maximum atomic E-state index is 12.3. The Morgan fingerprint density at radius 3 is 2.52 bits per heavy atom. The molecule has 0 saturated heterocycles. The Morgan fingerprint density at radius 1 is 1.11 bits per heavy atom. The van der Waals surface area contributed by atoms with Gasteiger partial charge in [-0.2, -0.15) is 4.89 Å². The molecule has 2 rings (SSSR count). The zero-order valence-electron chi connectivity index (χ0n) is 17.4. The minimum Gasteiger partial charge on any atom is -0.494 e. The van der Waals surface area contributed by atoms with Gasteiger partial charge in [0.05, 0.1) is 12.2 Å².